The lowest BCUT2D eigenvalue weighted by Gasteiger charge is -2.12. The number of esters is 1. The van der Waals surface area contributed by atoms with E-state index in [4.69, 9.17) is 4.74 Å². The van der Waals surface area contributed by atoms with Gasteiger partial charge in [0.05, 0.1) is 11.3 Å². The van der Waals surface area contributed by atoms with E-state index in [1.165, 1.54) is 31.2 Å². The minimum Gasteiger partial charge on any atom is -0.456 e. The molecule has 1 amide bonds. The highest BCUT2D eigenvalue weighted by atomic mass is 32.2. The summed E-state index contributed by atoms with van der Waals surface area (Å²) >= 11 is 0. The van der Waals surface area contributed by atoms with Gasteiger partial charge in [-0.05, 0) is 31.9 Å². The number of hydrogen-bond donors (Lipinski definition) is 2. The first-order valence-electron chi connectivity index (χ1n) is 8.83. The average molecular weight is 396 g/mol. The van der Waals surface area contributed by atoms with Crippen LogP contribution in [0.2, 0.25) is 0 Å². The standard InChI is InChI=1S/C18H24N2O6S/c1-13(21)14-5-4-8-16(11-14)27(24,25)19-10-9-18(23)26-12-17(22)20-15-6-2-3-7-15/h4-5,8,11,15,19H,2-3,6-7,9-10,12H2,1H3,(H,20,22). The van der Waals surface area contributed by atoms with E-state index < -0.39 is 16.0 Å². The number of ether oxygens (including phenoxy) is 1. The van der Waals surface area contributed by atoms with E-state index in [-0.39, 0.29) is 47.8 Å². The summed E-state index contributed by atoms with van der Waals surface area (Å²) in [4.78, 5) is 34.6. The minimum absolute atomic E-state index is 0.0560. The first kappa shape index (κ1) is 21.0. The Balaban J connectivity index is 1.74. The summed E-state index contributed by atoms with van der Waals surface area (Å²) in [6, 6.07) is 5.78. The van der Waals surface area contributed by atoms with Crippen LogP contribution in [0.3, 0.4) is 0 Å². The number of carbonyl (C=O) groups excluding carboxylic acids is 3. The highest BCUT2D eigenvalue weighted by molar-refractivity contribution is 7.89. The molecule has 1 fully saturated rings. The number of ketones is 1. The Labute approximate surface area is 158 Å². The van der Waals surface area contributed by atoms with Crippen molar-refractivity contribution in [2.24, 2.45) is 0 Å². The van der Waals surface area contributed by atoms with E-state index in [2.05, 4.69) is 10.0 Å². The molecule has 0 heterocycles. The topological polar surface area (TPSA) is 119 Å². The van der Waals surface area contributed by atoms with Crippen molar-refractivity contribution in [3.05, 3.63) is 29.8 Å². The van der Waals surface area contributed by atoms with Gasteiger partial charge in [0.25, 0.3) is 5.91 Å². The maximum absolute atomic E-state index is 12.2. The van der Waals surface area contributed by atoms with Gasteiger partial charge in [-0.2, -0.15) is 0 Å². The van der Waals surface area contributed by atoms with Crippen molar-refractivity contribution < 1.29 is 27.5 Å². The smallest absolute Gasteiger partial charge is 0.307 e. The predicted octanol–water partition coefficient (Wildman–Crippen LogP) is 1.16. The first-order valence-corrected chi connectivity index (χ1v) is 10.3. The van der Waals surface area contributed by atoms with Gasteiger partial charge in [-0.15, -0.1) is 0 Å². The van der Waals surface area contributed by atoms with E-state index in [0.717, 1.165) is 25.7 Å². The summed E-state index contributed by atoms with van der Waals surface area (Å²) in [7, 11) is -3.85. The van der Waals surface area contributed by atoms with Crippen LogP contribution in [0.5, 0.6) is 0 Å². The Morgan fingerprint density at radius 2 is 1.89 bits per heavy atom. The fourth-order valence-electron chi connectivity index (χ4n) is 2.81. The van der Waals surface area contributed by atoms with Crippen molar-refractivity contribution in [1.82, 2.24) is 10.0 Å². The summed E-state index contributed by atoms with van der Waals surface area (Å²) < 4.78 is 31.6. The van der Waals surface area contributed by atoms with Crippen LogP contribution in [0, 0.1) is 0 Å². The molecule has 0 aromatic heterocycles. The molecule has 9 heteroatoms. The zero-order valence-corrected chi connectivity index (χ0v) is 16.0. The first-order chi connectivity index (χ1) is 12.8. The number of carbonyl (C=O) groups is 3. The van der Waals surface area contributed by atoms with Crippen molar-refractivity contribution in [2.45, 2.75) is 50.0 Å². The van der Waals surface area contributed by atoms with Gasteiger partial charge >= 0.3 is 5.97 Å². The second-order valence-electron chi connectivity index (χ2n) is 6.44. The summed E-state index contributed by atoms with van der Waals surface area (Å²) in [6.07, 6.45) is 3.83. The second-order valence-corrected chi connectivity index (χ2v) is 8.21. The maximum atomic E-state index is 12.2. The fourth-order valence-corrected chi connectivity index (χ4v) is 3.89. The van der Waals surface area contributed by atoms with Gasteiger partial charge in [0.1, 0.15) is 0 Å². The Morgan fingerprint density at radius 1 is 1.19 bits per heavy atom. The molecule has 2 rings (SSSR count). The maximum Gasteiger partial charge on any atom is 0.307 e. The number of benzene rings is 1. The molecule has 0 aliphatic heterocycles. The Kier molecular flexibility index (Phi) is 7.49. The number of nitrogens with one attached hydrogen (secondary N) is 2. The van der Waals surface area contributed by atoms with Crippen LogP contribution in [0.15, 0.2) is 29.2 Å². The summed E-state index contributed by atoms with van der Waals surface area (Å²) in [5.41, 5.74) is 0.283. The van der Waals surface area contributed by atoms with Crippen LogP contribution in [0.1, 0.15) is 49.4 Å². The van der Waals surface area contributed by atoms with E-state index in [1.807, 2.05) is 0 Å². The zero-order chi connectivity index (χ0) is 19.9. The molecule has 0 bridgehead atoms. The highest BCUT2D eigenvalue weighted by Gasteiger charge is 2.19. The van der Waals surface area contributed by atoms with Gasteiger partial charge in [0.15, 0.2) is 12.4 Å². The van der Waals surface area contributed by atoms with Crippen molar-refractivity contribution in [3.8, 4) is 0 Å². The molecule has 1 aromatic carbocycles. The minimum atomic E-state index is -3.85. The summed E-state index contributed by atoms with van der Waals surface area (Å²) in [6.45, 7) is 0.802. The monoisotopic (exact) mass is 396 g/mol. The van der Waals surface area contributed by atoms with Crippen molar-refractivity contribution >= 4 is 27.7 Å². The van der Waals surface area contributed by atoms with E-state index in [1.54, 1.807) is 0 Å². The molecule has 8 nitrogen and oxygen atoms in total. The van der Waals surface area contributed by atoms with Crippen LogP contribution < -0.4 is 10.0 Å². The van der Waals surface area contributed by atoms with E-state index >= 15 is 0 Å². The molecule has 0 spiro atoms. The van der Waals surface area contributed by atoms with E-state index in [9.17, 15) is 22.8 Å². The lowest BCUT2D eigenvalue weighted by molar-refractivity contribution is -0.148. The molecular formula is C18H24N2O6S. The average Bonchev–Trinajstić information content (AvgIpc) is 3.13. The van der Waals surface area contributed by atoms with Crippen LogP contribution in [-0.2, 0) is 24.3 Å². The quantitative estimate of drug-likeness (QED) is 0.478. The third kappa shape index (κ3) is 6.76. The van der Waals surface area contributed by atoms with Gasteiger partial charge < -0.3 is 10.1 Å². The zero-order valence-electron chi connectivity index (χ0n) is 15.2. The number of rotatable bonds is 9. The van der Waals surface area contributed by atoms with Crippen molar-refractivity contribution in [3.63, 3.8) is 0 Å². The van der Waals surface area contributed by atoms with Gasteiger partial charge in [0, 0.05) is 18.2 Å². The van der Waals surface area contributed by atoms with Gasteiger partial charge in [0.2, 0.25) is 10.0 Å². The second kappa shape index (κ2) is 9.61. The predicted molar refractivity (Wildman–Crippen MR) is 97.6 cm³/mol. The van der Waals surface area contributed by atoms with Gasteiger partial charge in [-0.1, -0.05) is 25.0 Å². The number of Topliss-reactive ketones (excluding diaryl/α,β-unsaturated/α-hetero) is 1. The van der Waals surface area contributed by atoms with Crippen LogP contribution in [-0.4, -0.2) is 45.3 Å². The third-order valence-corrected chi connectivity index (χ3v) is 5.72. The highest BCUT2D eigenvalue weighted by Crippen LogP contribution is 2.17. The summed E-state index contributed by atoms with van der Waals surface area (Å²) in [5, 5.41) is 2.80. The molecule has 0 saturated heterocycles. The fraction of sp³-hybridized carbons (Fsp3) is 0.500. The largest absolute Gasteiger partial charge is 0.456 e. The molecule has 27 heavy (non-hydrogen) atoms. The van der Waals surface area contributed by atoms with Gasteiger partial charge in [-0.3, -0.25) is 14.4 Å². The van der Waals surface area contributed by atoms with Crippen LogP contribution in [0.25, 0.3) is 0 Å². The third-order valence-electron chi connectivity index (χ3n) is 4.26. The molecule has 1 saturated carbocycles. The molecule has 1 aromatic rings. The lowest BCUT2D eigenvalue weighted by Crippen LogP contribution is -2.36. The molecule has 0 unspecified atom stereocenters. The summed E-state index contributed by atoms with van der Waals surface area (Å²) in [5.74, 6) is -1.26. The normalized spacial score (nSPS) is 14.7. The number of amides is 1. The molecule has 0 radical (unpaired) electrons. The molecule has 1 aliphatic carbocycles. The molecule has 1 aliphatic rings. The van der Waals surface area contributed by atoms with Crippen LogP contribution >= 0.6 is 0 Å². The number of sulfonamides is 1. The van der Waals surface area contributed by atoms with E-state index in [0.29, 0.717) is 0 Å². The molecule has 148 valence electrons. The van der Waals surface area contributed by atoms with Gasteiger partial charge in [-0.25, -0.2) is 13.1 Å². The molecule has 0 atom stereocenters. The Bertz CT molecular complexity index is 800. The SMILES string of the molecule is CC(=O)c1cccc(S(=O)(=O)NCCC(=O)OCC(=O)NC2CCCC2)c1. The molecule has 2 N–H and O–H groups in total. The Morgan fingerprint density at radius 3 is 2.56 bits per heavy atom. The van der Waals surface area contributed by atoms with Crippen LogP contribution in [0.4, 0.5) is 0 Å². The lowest BCUT2D eigenvalue weighted by atomic mass is 10.2. The van der Waals surface area contributed by atoms with Crippen molar-refractivity contribution in [2.75, 3.05) is 13.2 Å². The number of hydrogen-bond acceptors (Lipinski definition) is 6. The Hall–Kier alpha value is -2.26. The molecular weight excluding hydrogens is 372 g/mol. The van der Waals surface area contributed by atoms with Crippen molar-refractivity contribution in [1.29, 1.82) is 0 Å².